The van der Waals surface area contributed by atoms with Gasteiger partial charge in [-0.2, -0.15) is 5.10 Å². The van der Waals surface area contributed by atoms with Crippen molar-refractivity contribution in [2.45, 2.75) is 20.4 Å². The number of aromatic nitrogens is 3. The molecule has 1 N–H and O–H groups in total. The van der Waals surface area contributed by atoms with E-state index in [4.69, 9.17) is 9.47 Å². The van der Waals surface area contributed by atoms with Crippen LogP contribution in [0.4, 0.5) is 0 Å². The highest BCUT2D eigenvalue weighted by atomic mass is 16.6. The molecule has 26 heavy (non-hydrogen) atoms. The van der Waals surface area contributed by atoms with Crippen LogP contribution in [0.3, 0.4) is 0 Å². The molecule has 7 heteroatoms. The number of hydrogen-bond acceptors (Lipinski definition) is 5. The van der Waals surface area contributed by atoms with Crippen LogP contribution in [0, 0.1) is 13.8 Å². The molecule has 0 aliphatic carbocycles. The van der Waals surface area contributed by atoms with E-state index in [1.165, 1.54) is 0 Å². The standard InChI is InChI=1S/C19H20N4O3/c1-11-8-14(17-12(2)22-23(3)18(17)21-11)19(24)20-10-13-4-5-15-16(9-13)26-7-6-25-15/h4-5,8-9H,6-7,10H2,1-3H3,(H,20,24). The Morgan fingerprint density at radius 1 is 1.19 bits per heavy atom. The van der Waals surface area contributed by atoms with Crippen molar-refractivity contribution < 1.29 is 14.3 Å². The van der Waals surface area contributed by atoms with Gasteiger partial charge in [0.15, 0.2) is 17.1 Å². The molecular weight excluding hydrogens is 332 g/mol. The van der Waals surface area contributed by atoms with Gasteiger partial charge in [0.2, 0.25) is 0 Å². The Hall–Kier alpha value is -3.09. The van der Waals surface area contributed by atoms with Crippen molar-refractivity contribution in [2.24, 2.45) is 7.05 Å². The van der Waals surface area contributed by atoms with Gasteiger partial charge in [0, 0.05) is 19.3 Å². The van der Waals surface area contributed by atoms with Crippen LogP contribution >= 0.6 is 0 Å². The van der Waals surface area contributed by atoms with Crippen molar-refractivity contribution in [3.05, 3.63) is 46.8 Å². The number of hydrogen-bond donors (Lipinski definition) is 1. The Balaban J connectivity index is 1.58. The highest BCUT2D eigenvalue weighted by molar-refractivity contribution is 6.06. The number of pyridine rings is 1. The predicted octanol–water partition coefficient (Wildman–Crippen LogP) is 2.29. The summed E-state index contributed by atoms with van der Waals surface area (Å²) in [5.74, 6) is 1.31. The predicted molar refractivity (Wildman–Crippen MR) is 96.6 cm³/mol. The molecule has 0 fully saturated rings. The number of nitrogens with one attached hydrogen (secondary N) is 1. The van der Waals surface area contributed by atoms with Crippen LogP contribution in [0.1, 0.15) is 27.3 Å². The first-order valence-corrected chi connectivity index (χ1v) is 8.50. The maximum atomic E-state index is 12.8. The van der Waals surface area contributed by atoms with Crippen LogP contribution in [0.25, 0.3) is 11.0 Å². The number of carbonyl (C=O) groups excluding carboxylic acids is 1. The number of carbonyl (C=O) groups is 1. The second-order valence-electron chi connectivity index (χ2n) is 6.38. The maximum Gasteiger partial charge on any atom is 0.252 e. The zero-order valence-electron chi connectivity index (χ0n) is 15.0. The van der Waals surface area contributed by atoms with Crippen LogP contribution in [-0.2, 0) is 13.6 Å². The summed E-state index contributed by atoms with van der Waals surface area (Å²) >= 11 is 0. The molecule has 4 rings (SSSR count). The van der Waals surface area contributed by atoms with Gasteiger partial charge < -0.3 is 14.8 Å². The third-order valence-electron chi connectivity index (χ3n) is 4.40. The van der Waals surface area contributed by atoms with E-state index in [0.29, 0.717) is 36.7 Å². The lowest BCUT2D eigenvalue weighted by atomic mass is 10.1. The van der Waals surface area contributed by atoms with Crippen LogP contribution in [0.15, 0.2) is 24.3 Å². The Bertz CT molecular complexity index is 1010. The first-order chi connectivity index (χ1) is 12.5. The van der Waals surface area contributed by atoms with Gasteiger partial charge in [-0.1, -0.05) is 6.07 Å². The van der Waals surface area contributed by atoms with Crippen LogP contribution in [-0.4, -0.2) is 33.9 Å². The number of nitrogens with zero attached hydrogens (tertiary/aromatic N) is 3. The zero-order chi connectivity index (χ0) is 18.3. The Morgan fingerprint density at radius 2 is 1.96 bits per heavy atom. The summed E-state index contributed by atoms with van der Waals surface area (Å²) < 4.78 is 12.8. The molecule has 0 saturated carbocycles. The normalized spacial score (nSPS) is 13.0. The molecule has 7 nitrogen and oxygen atoms in total. The molecule has 2 aromatic heterocycles. The summed E-state index contributed by atoms with van der Waals surface area (Å²) in [6, 6.07) is 7.50. The van der Waals surface area contributed by atoms with Gasteiger partial charge in [-0.25, -0.2) is 4.98 Å². The molecule has 0 saturated heterocycles. The molecule has 0 radical (unpaired) electrons. The molecule has 0 unspecified atom stereocenters. The lowest BCUT2D eigenvalue weighted by Gasteiger charge is -2.19. The average molecular weight is 352 g/mol. The van der Waals surface area contributed by atoms with E-state index in [9.17, 15) is 4.79 Å². The summed E-state index contributed by atoms with van der Waals surface area (Å²) in [5.41, 5.74) is 3.83. The van der Waals surface area contributed by atoms with Gasteiger partial charge >= 0.3 is 0 Å². The summed E-state index contributed by atoms with van der Waals surface area (Å²) in [6.45, 7) is 5.26. The fraction of sp³-hybridized carbons (Fsp3) is 0.316. The van der Waals surface area contributed by atoms with Crippen molar-refractivity contribution >= 4 is 16.9 Å². The number of fused-ring (bicyclic) bond motifs is 2. The fourth-order valence-electron chi connectivity index (χ4n) is 3.22. The third-order valence-corrected chi connectivity index (χ3v) is 4.40. The number of rotatable bonds is 3. The molecule has 3 aromatic rings. The highest BCUT2D eigenvalue weighted by Crippen LogP contribution is 2.30. The van der Waals surface area contributed by atoms with Crippen molar-refractivity contribution in [3.63, 3.8) is 0 Å². The molecule has 3 heterocycles. The minimum Gasteiger partial charge on any atom is -0.486 e. The van der Waals surface area contributed by atoms with E-state index in [0.717, 1.165) is 28.1 Å². The van der Waals surface area contributed by atoms with E-state index in [2.05, 4.69) is 15.4 Å². The number of amides is 1. The van der Waals surface area contributed by atoms with E-state index in [-0.39, 0.29) is 5.91 Å². The lowest BCUT2D eigenvalue weighted by molar-refractivity contribution is 0.0952. The Labute approximate surface area is 150 Å². The molecule has 1 amide bonds. The summed E-state index contributed by atoms with van der Waals surface area (Å²) in [7, 11) is 1.83. The van der Waals surface area contributed by atoms with Gasteiger partial charge in [-0.15, -0.1) is 0 Å². The second kappa shape index (κ2) is 6.33. The van der Waals surface area contributed by atoms with Gasteiger partial charge in [-0.3, -0.25) is 9.48 Å². The van der Waals surface area contributed by atoms with Crippen LogP contribution in [0.2, 0.25) is 0 Å². The van der Waals surface area contributed by atoms with Crippen LogP contribution in [0.5, 0.6) is 11.5 Å². The molecule has 0 bridgehead atoms. The van der Waals surface area contributed by atoms with Crippen molar-refractivity contribution in [1.82, 2.24) is 20.1 Å². The minimum atomic E-state index is -0.147. The third kappa shape index (κ3) is 2.85. The Kier molecular flexibility index (Phi) is 3.99. The van der Waals surface area contributed by atoms with E-state index >= 15 is 0 Å². The number of aryl methyl sites for hydroxylation is 3. The topological polar surface area (TPSA) is 78.3 Å². The van der Waals surface area contributed by atoms with Crippen molar-refractivity contribution in [2.75, 3.05) is 13.2 Å². The molecule has 1 aromatic carbocycles. The van der Waals surface area contributed by atoms with E-state index in [1.54, 1.807) is 10.7 Å². The molecule has 134 valence electrons. The monoisotopic (exact) mass is 352 g/mol. The summed E-state index contributed by atoms with van der Waals surface area (Å²) in [6.07, 6.45) is 0. The molecule has 1 aliphatic heterocycles. The van der Waals surface area contributed by atoms with Gasteiger partial charge in [0.25, 0.3) is 5.91 Å². The van der Waals surface area contributed by atoms with E-state index < -0.39 is 0 Å². The first-order valence-electron chi connectivity index (χ1n) is 8.50. The quantitative estimate of drug-likeness (QED) is 0.782. The number of ether oxygens (including phenoxy) is 2. The SMILES string of the molecule is Cc1cc(C(=O)NCc2ccc3c(c2)OCCO3)c2c(C)nn(C)c2n1. The van der Waals surface area contributed by atoms with Crippen molar-refractivity contribution in [1.29, 1.82) is 0 Å². The van der Waals surface area contributed by atoms with Gasteiger partial charge in [0.05, 0.1) is 16.6 Å². The van der Waals surface area contributed by atoms with E-state index in [1.807, 2.05) is 39.1 Å². The molecule has 0 spiro atoms. The number of benzene rings is 1. The largest absolute Gasteiger partial charge is 0.486 e. The molecule has 0 atom stereocenters. The second-order valence-corrected chi connectivity index (χ2v) is 6.38. The van der Waals surface area contributed by atoms with Crippen LogP contribution < -0.4 is 14.8 Å². The zero-order valence-corrected chi connectivity index (χ0v) is 15.0. The minimum absolute atomic E-state index is 0.147. The smallest absolute Gasteiger partial charge is 0.252 e. The average Bonchev–Trinajstić information content (AvgIpc) is 2.92. The van der Waals surface area contributed by atoms with Gasteiger partial charge in [-0.05, 0) is 37.6 Å². The summed E-state index contributed by atoms with van der Waals surface area (Å²) in [5, 5.41) is 8.15. The maximum absolute atomic E-state index is 12.8. The summed E-state index contributed by atoms with van der Waals surface area (Å²) in [4.78, 5) is 17.3. The Morgan fingerprint density at radius 3 is 2.77 bits per heavy atom. The van der Waals surface area contributed by atoms with Gasteiger partial charge in [0.1, 0.15) is 13.2 Å². The first kappa shape index (κ1) is 16.4. The molecular formula is C19H20N4O3. The lowest BCUT2D eigenvalue weighted by Crippen LogP contribution is -2.23. The molecule has 1 aliphatic rings. The fourth-order valence-corrected chi connectivity index (χ4v) is 3.22. The highest BCUT2D eigenvalue weighted by Gasteiger charge is 2.18. The van der Waals surface area contributed by atoms with Crippen molar-refractivity contribution in [3.8, 4) is 11.5 Å².